The zero-order valence-corrected chi connectivity index (χ0v) is 10.4. The van der Waals surface area contributed by atoms with E-state index in [4.69, 9.17) is 4.42 Å². The molecule has 0 radical (unpaired) electrons. The van der Waals surface area contributed by atoms with Crippen molar-refractivity contribution >= 4 is 5.69 Å². The summed E-state index contributed by atoms with van der Waals surface area (Å²) in [7, 11) is 2.01. The first-order chi connectivity index (χ1) is 8.75. The quantitative estimate of drug-likeness (QED) is 0.852. The number of benzene rings is 1. The lowest BCUT2D eigenvalue weighted by Gasteiger charge is -2.16. The number of likely N-dealkylation sites (N-methyl/N-ethyl adjacent to an activating group) is 1. The van der Waals surface area contributed by atoms with Gasteiger partial charge in [-0.05, 0) is 31.3 Å². The molecule has 0 aliphatic rings. The van der Waals surface area contributed by atoms with Crippen LogP contribution in [-0.4, -0.2) is 25.0 Å². The van der Waals surface area contributed by atoms with Gasteiger partial charge in [-0.15, -0.1) is 0 Å². The standard InChI is InChI=1S/C14H17FN2O/c1-17(11-12-5-4-10-18-12)9-8-16-14-7-3-2-6-13(14)15/h2-7,10,16H,8-9,11H2,1H3. The zero-order valence-electron chi connectivity index (χ0n) is 10.4. The van der Waals surface area contributed by atoms with Gasteiger partial charge in [0.2, 0.25) is 0 Å². The molecule has 18 heavy (non-hydrogen) atoms. The lowest BCUT2D eigenvalue weighted by atomic mass is 10.3. The van der Waals surface area contributed by atoms with Crippen LogP contribution in [0.25, 0.3) is 0 Å². The Balaban J connectivity index is 1.74. The summed E-state index contributed by atoms with van der Waals surface area (Å²) in [5.41, 5.74) is 0.545. The van der Waals surface area contributed by atoms with E-state index >= 15 is 0 Å². The van der Waals surface area contributed by atoms with Crippen LogP contribution in [0.2, 0.25) is 0 Å². The molecule has 1 aromatic carbocycles. The summed E-state index contributed by atoms with van der Waals surface area (Å²) < 4.78 is 18.6. The summed E-state index contributed by atoms with van der Waals surface area (Å²) in [6.45, 7) is 2.26. The molecule has 0 saturated carbocycles. The number of furan rings is 1. The van der Waals surface area contributed by atoms with Crippen molar-refractivity contribution in [3.8, 4) is 0 Å². The van der Waals surface area contributed by atoms with Crippen LogP contribution in [0.5, 0.6) is 0 Å². The smallest absolute Gasteiger partial charge is 0.146 e. The van der Waals surface area contributed by atoms with E-state index in [1.54, 1.807) is 18.4 Å². The number of halogens is 1. The Hall–Kier alpha value is -1.81. The third-order valence-electron chi connectivity index (χ3n) is 2.69. The number of hydrogen-bond acceptors (Lipinski definition) is 3. The van der Waals surface area contributed by atoms with Gasteiger partial charge < -0.3 is 9.73 Å². The van der Waals surface area contributed by atoms with Gasteiger partial charge in [0, 0.05) is 13.1 Å². The lowest BCUT2D eigenvalue weighted by Crippen LogP contribution is -2.24. The molecule has 1 heterocycles. The topological polar surface area (TPSA) is 28.4 Å². The van der Waals surface area contributed by atoms with E-state index in [0.717, 1.165) is 18.8 Å². The minimum Gasteiger partial charge on any atom is -0.468 e. The van der Waals surface area contributed by atoms with Gasteiger partial charge in [0.05, 0.1) is 18.5 Å². The maximum absolute atomic E-state index is 13.3. The minimum atomic E-state index is -0.216. The fourth-order valence-corrected chi connectivity index (χ4v) is 1.73. The van der Waals surface area contributed by atoms with Crippen molar-refractivity contribution in [2.75, 3.05) is 25.5 Å². The van der Waals surface area contributed by atoms with Crippen LogP contribution in [0, 0.1) is 5.82 Å². The van der Waals surface area contributed by atoms with E-state index < -0.39 is 0 Å². The first-order valence-electron chi connectivity index (χ1n) is 5.95. The highest BCUT2D eigenvalue weighted by Crippen LogP contribution is 2.11. The van der Waals surface area contributed by atoms with Gasteiger partial charge in [-0.25, -0.2) is 4.39 Å². The number of rotatable bonds is 6. The highest BCUT2D eigenvalue weighted by molar-refractivity contribution is 5.44. The summed E-state index contributed by atoms with van der Waals surface area (Å²) in [6, 6.07) is 10.5. The number of nitrogens with one attached hydrogen (secondary N) is 1. The largest absolute Gasteiger partial charge is 0.468 e. The third kappa shape index (κ3) is 3.60. The van der Waals surface area contributed by atoms with Gasteiger partial charge in [0.25, 0.3) is 0 Å². The van der Waals surface area contributed by atoms with Gasteiger partial charge in [0.1, 0.15) is 11.6 Å². The zero-order chi connectivity index (χ0) is 12.8. The molecule has 0 spiro atoms. The van der Waals surface area contributed by atoms with Gasteiger partial charge in [-0.3, -0.25) is 4.90 Å². The lowest BCUT2D eigenvalue weighted by molar-refractivity contribution is 0.305. The molecule has 0 unspecified atom stereocenters. The summed E-state index contributed by atoms with van der Waals surface area (Å²) in [5, 5.41) is 3.08. The highest BCUT2D eigenvalue weighted by Gasteiger charge is 2.03. The second-order valence-corrected chi connectivity index (χ2v) is 4.22. The van der Waals surface area contributed by atoms with Gasteiger partial charge >= 0.3 is 0 Å². The predicted octanol–water partition coefficient (Wildman–Crippen LogP) is 2.96. The Labute approximate surface area is 106 Å². The average Bonchev–Trinajstić information content (AvgIpc) is 2.84. The minimum absolute atomic E-state index is 0.216. The van der Waals surface area contributed by atoms with E-state index in [-0.39, 0.29) is 5.82 Å². The number of hydrogen-bond donors (Lipinski definition) is 1. The van der Waals surface area contributed by atoms with Crippen LogP contribution in [0.4, 0.5) is 10.1 Å². The van der Waals surface area contributed by atoms with Crippen molar-refractivity contribution in [3.05, 3.63) is 54.2 Å². The SMILES string of the molecule is CN(CCNc1ccccc1F)Cc1ccco1. The molecule has 0 atom stereocenters. The molecular formula is C14H17FN2O. The number of nitrogens with zero attached hydrogens (tertiary/aromatic N) is 1. The molecule has 0 bridgehead atoms. The third-order valence-corrected chi connectivity index (χ3v) is 2.69. The Kier molecular flexibility index (Phi) is 4.36. The molecule has 0 saturated heterocycles. The summed E-state index contributed by atoms with van der Waals surface area (Å²) in [4.78, 5) is 2.12. The van der Waals surface area contributed by atoms with Crippen molar-refractivity contribution in [1.82, 2.24) is 4.90 Å². The summed E-state index contributed by atoms with van der Waals surface area (Å²) in [6.07, 6.45) is 1.67. The van der Waals surface area contributed by atoms with Crippen LogP contribution < -0.4 is 5.32 Å². The fourth-order valence-electron chi connectivity index (χ4n) is 1.73. The Morgan fingerprint density at radius 2 is 2.06 bits per heavy atom. The molecule has 96 valence electrons. The highest BCUT2D eigenvalue weighted by atomic mass is 19.1. The first-order valence-corrected chi connectivity index (χ1v) is 5.95. The fraction of sp³-hybridized carbons (Fsp3) is 0.286. The Bertz CT molecular complexity index is 470. The monoisotopic (exact) mass is 248 g/mol. The molecule has 2 aromatic rings. The second-order valence-electron chi connectivity index (χ2n) is 4.22. The summed E-state index contributed by atoms with van der Waals surface area (Å²) in [5.74, 6) is 0.717. The van der Waals surface area contributed by atoms with Crippen LogP contribution in [0.3, 0.4) is 0 Å². The van der Waals surface area contributed by atoms with Gasteiger partial charge in [0.15, 0.2) is 0 Å². The molecule has 4 heteroatoms. The molecule has 0 amide bonds. The van der Waals surface area contributed by atoms with Crippen molar-refractivity contribution in [2.45, 2.75) is 6.54 Å². The van der Waals surface area contributed by atoms with Crippen LogP contribution >= 0.6 is 0 Å². The van der Waals surface area contributed by atoms with E-state index in [9.17, 15) is 4.39 Å². The number of anilines is 1. The first kappa shape index (κ1) is 12.6. The van der Waals surface area contributed by atoms with E-state index in [0.29, 0.717) is 12.2 Å². The second kappa shape index (κ2) is 6.21. The molecular weight excluding hydrogens is 231 g/mol. The average molecular weight is 248 g/mol. The molecule has 1 N–H and O–H groups in total. The van der Waals surface area contributed by atoms with Crippen LogP contribution in [0.1, 0.15) is 5.76 Å². The van der Waals surface area contributed by atoms with Crippen molar-refractivity contribution in [3.63, 3.8) is 0 Å². The van der Waals surface area contributed by atoms with E-state index in [2.05, 4.69) is 10.2 Å². The normalized spacial score (nSPS) is 10.8. The Morgan fingerprint density at radius 3 is 2.78 bits per heavy atom. The predicted molar refractivity (Wildman–Crippen MR) is 69.9 cm³/mol. The summed E-state index contributed by atoms with van der Waals surface area (Å²) >= 11 is 0. The molecule has 0 fully saturated rings. The molecule has 3 nitrogen and oxygen atoms in total. The molecule has 1 aromatic heterocycles. The van der Waals surface area contributed by atoms with E-state index in [1.807, 2.05) is 25.2 Å². The maximum atomic E-state index is 13.3. The number of para-hydroxylation sites is 1. The van der Waals surface area contributed by atoms with Gasteiger partial charge in [-0.1, -0.05) is 12.1 Å². The van der Waals surface area contributed by atoms with Crippen molar-refractivity contribution < 1.29 is 8.81 Å². The Morgan fingerprint density at radius 1 is 1.22 bits per heavy atom. The van der Waals surface area contributed by atoms with Gasteiger partial charge in [-0.2, -0.15) is 0 Å². The van der Waals surface area contributed by atoms with Crippen molar-refractivity contribution in [2.24, 2.45) is 0 Å². The van der Waals surface area contributed by atoms with Crippen LogP contribution in [-0.2, 0) is 6.54 Å². The maximum Gasteiger partial charge on any atom is 0.146 e. The van der Waals surface area contributed by atoms with Crippen LogP contribution in [0.15, 0.2) is 47.1 Å². The van der Waals surface area contributed by atoms with Crippen molar-refractivity contribution in [1.29, 1.82) is 0 Å². The molecule has 0 aliphatic carbocycles. The molecule has 0 aliphatic heterocycles. The molecule has 2 rings (SSSR count). The van der Waals surface area contributed by atoms with E-state index in [1.165, 1.54) is 6.07 Å².